The summed E-state index contributed by atoms with van der Waals surface area (Å²) in [6.45, 7) is 27.1. The highest BCUT2D eigenvalue weighted by Crippen LogP contribution is 2.16. The van der Waals surface area contributed by atoms with Crippen LogP contribution in [0.4, 0.5) is 19.2 Å². The van der Waals surface area contributed by atoms with Crippen molar-refractivity contribution in [1.29, 1.82) is 0 Å². The van der Waals surface area contributed by atoms with E-state index in [4.69, 9.17) is 18.9 Å². The van der Waals surface area contributed by atoms with Crippen LogP contribution in [-0.4, -0.2) is 120 Å². The van der Waals surface area contributed by atoms with Crippen LogP contribution in [0.5, 0.6) is 0 Å². The summed E-state index contributed by atoms with van der Waals surface area (Å²) < 4.78 is 22.4. The van der Waals surface area contributed by atoms with Crippen molar-refractivity contribution in [2.75, 3.05) is 52.4 Å². The third-order valence-corrected chi connectivity index (χ3v) is 9.37. The first kappa shape index (κ1) is 58.6. The Kier molecular flexibility index (Phi) is 29.7. The Hall–Kier alpha value is -3.45. The predicted octanol–water partition coefficient (Wildman–Crippen LogP) is 11.4. The molecule has 14 nitrogen and oxygen atoms in total. The van der Waals surface area contributed by atoms with E-state index in [2.05, 4.69) is 17.6 Å². The maximum atomic E-state index is 13.4. The zero-order valence-corrected chi connectivity index (χ0v) is 41.9. The van der Waals surface area contributed by atoms with E-state index in [1.165, 1.54) is 64.2 Å². The average molecular weight is 884 g/mol. The number of hydrogen-bond acceptors (Lipinski definition) is 9. The largest absolute Gasteiger partial charge is 0.444 e. The fourth-order valence-corrected chi connectivity index (χ4v) is 6.41. The van der Waals surface area contributed by atoms with Crippen LogP contribution < -0.4 is 10.6 Å². The second kappa shape index (κ2) is 31.4. The standard InChI is InChI=1S/C48H93N5O9/c1-14-15-16-17-18-19-20-21-22-23-24-25-31-40(54)49-32-28-36-53(44(58)62-48(11,12)13)39-30-38-52(43(57)61-47(8,9)10)35-27-26-34-51(42(56)60-46(5,6)7)37-29-33-50-41(55)59-45(2,3)4/h14-39H2,1-13H3,(H,49,54)(H,50,55). The molecule has 0 aliphatic carbocycles. The molecule has 0 fully saturated rings. The van der Waals surface area contributed by atoms with Crippen LogP contribution in [0.15, 0.2) is 0 Å². The van der Waals surface area contributed by atoms with Crippen LogP contribution in [0.1, 0.15) is 206 Å². The fourth-order valence-electron chi connectivity index (χ4n) is 6.41. The molecular formula is C48H93N5O9. The minimum Gasteiger partial charge on any atom is -0.444 e. The van der Waals surface area contributed by atoms with Gasteiger partial charge < -0.3 is 44.3 Å². The average Bonchev–Trinajstić information content (AvgIpc) is 3.11. The van der Waals surface area contributed by atoms with E-state index in [1.54, 1.807) is 35.5 Å². The molecule has 0 heterocycles. The van der Waals surface area contributed by atoms with E-state index >= 15 is 0 Å². The van der Waals surface area contributed by atoms with Crippen LogP contribution in [0.3, 0.4) is 0 Å². The van der Waals surface area contributed by atoms with Crippen molar-refractivity contribution in [1.82, 2.24) is 25.3 Å². The van der Waals surface area contributed by atoms with Crippen molar-refractivity contribution in [3.05, 3.63) is 0 Å². The zero-order chi connectivity index (χ0) is 47.2. The van der Waals surface area contributed by atoms with Crippen molar-refractivity contribution in [3.8, 4) is 0 Å². The first-order valence-electron chi connectivity index (χ1n) is 24.0. The second-order valence-corrected chi connectivity index (χ2v) is 20.6. The Morgan fingerprint density at radius 2 is 0.677 bits per heavy atom. The molecule has 0 bridgehead atoms. The Morgan fingerprint density at radius 1 is 0.371 bits per heavy atom. The molecule has 0 rings (SSSR count). The van der Waals surface area contributed by atoms with Gasteiger partial charge in [-0.15, -0.1) is 0 Å². The summed E-state index contributed by atoms with van der Waals surface area (Å²) >= 11 is 0. The number of carbonyl (C=O) groups excluding carboxylic acids is 5. The summed E-state index contributed by atoms with van der Waals surface area (Å²) in [6.07, 6.45) is 16.4. The third-order valence-electron chi connectivity index (χ3n) is 9.37. The van der Waals surface area contributed by atoms with Gasteiger partial charge in [0.15, 0.2) is 0 Å². The molecule has 0 aliphatic heterocycles. The monoisotopic (exact) mass is 884 g/mol. The molecule has 5 amide bonds. The summed E-state index contributed by atoms with van der Waals surface area (Å²) in [7, 11) is 0. The van der Waals surface area contributed by atoms with E-state index < -0.39 is 46.8 Å². The first-order valence-corrected chi connectivity index (χ1v) is 24.0. The zero-order valence-electron chi connectivity index (χ0n) is 41.9. The fraction of sp³-hybridized carbons (Fsp3) is 0.896. The van der Waals surface area contributed by atoms with Gasteiger partial charge in [0, 0.05) is 58.8 Å². The number of nitrogens with one attached hydrogen (secondary N) is 2. The number of alkyl carbamates (subject to hydrolysis) is 1. The number of hydrogen-bond donors (Lipinski definition) is 2. The van der Waals surface area contributed by atoms with Crippen molar-refractivity contribution >= 4 is 30.3 Å². The molecular weight excluding hydrogens is 791 g/mol. The summed E-state index contributed by atoms with van der Waals surface area (Å²) in [5.41, 5.74) is -2.66. The minimum atomic E-state index is -0.698. The van der Waals surface area contributed by atoms with Gasteiger partial charge in [0.2, 0.25) is 5.91 Å². The van der Waals surface area contributed by atoms with Crippen molar-refractivity contribution < 1.29 is 42.9 Å². The van der Waals surface area contributed by atoms with E-state index in [1.807, 2.05) is 62.3 Å². The molecule has 0 aromatic rings. The maximum Gasteiger partial charge on any atom is 0.410 e. The van der Waals surface area contributed by atoms with Gasteiger partial charge in [-0.2, -0.15) is 0 Å². The Bertz CT molecular complexity index is 1250. The molecule has 0 aliphatic rings. The summed E-state index contributed by atoms with van der Waals surface area (Å²) in [4.78, 5) is 69.3. The second-order valence-electron chi connectivity index (χ2n) is 20.6. The normalized spacial score (nSPS) is 12.0. The van der Waals surface area contributed by atoms with Gasteiger partial charge in [-0.3, -0.25) is 4.79 Å². The van der Waals surface area contributed by atoms with E-state index in [0.717, 1.165) is 12.8 Å². The van der Waals surface area contributed by atoms with Crippen LogP contribution in [0.25, 0.3) is 0 Å². The summed E-state index contributed by atoms with van der Waals surface area (Å²) in [6, 6.07) is 0. The van der Waals surface area contributed by atoms with Gasteiger partial charge in [0.1, 0.15) is 22.4 Å². The summed E-state index contributed by atoms with van der Waals surface area (Å²) in [5, 5.41) is 5.75. The highest BCUT2D eigenvalue weighted by atomic mass is 16.6. The molecule has 14 heteroatoms. The molecule has 62 heavy (non-hydrogen) atoms. The lowest BCUT2D eigenvalue weighted by atomic mass is 10.0. The lowest BCUT2D eigenvalue weighted by Gasteiger charge is -2.30. The number of rotatable bonds is 30. The van der Waals surface area contributed by atoms with Gasteiger partial charge in [-0.1, -0.05) is 77.6 Å². The molecule has 364 valence electrons. The molecule has 0 saturated carbocycles. The van der Waals surface area contributed by atoms with E-state index in [9.17, 15) is 24.0 Å². The van der Waals surface area contributed by atoms with Gasteiger partial charge >= 0.3 is 24.4 Å². The smallest absolute Gasteiger partial charge is 0.410 e. The van der Waals surface area contributed by atoms with Gasteiger partial charge in [-0.05, 0) is 122 Å². The maximum absolute atomic E-state index is 13.4. The van der Waals surface area contributed by atoms with Gasteiger partial charge in [0.25, 0.3) is 0 Å². The third kappa shape index (κ3) is 36.1. The predicted molar refractivity (Wildman–Crippen MR) is 249 cm³/mol. The quantitative estimate of drug-likeness (QED) is 0.0529. The van der Waals surface area contributed by atoms with Crippen LogP contribution >= 0.6 is 0 Å². The number of unbranched alkanes of at least 4 members (excludes halogenated alkanes) is 12. The molecule has 0 atom stereocenters. The van der Waals surface area contributed by atoms with Gasteiger partial charge in [-0.25, -0.2) is 19.2 Å². The van der Waals surface area contributed by atoms with Gasteiger partial charge in [0.05, 0.1) is 0 Å². The minimum absolute atomic E-state index is 0.0401. The Balaban J connectivity index is 5.17. The number of ether oxygens (including phenoxy) is 4. The number of nitrogens with zero attached hydrogens (tertiary/aromatic N) is 3. The number of carbonyl (C=O) groups is 5. The Morgan fingerprint density at radius 3 is 1.03 bits per heavy atom. The molecule has 0 radical (unpaired) electrons. The lowest BCUT2D eigenvalue weighted by molar-refractivity contribution is -0.121. The highest BCUT2D eigenvalue weighted by molar-refractivity contribution is 5.75. The van der Waals surface area contributed by atoms with Crippen LogP contribution in [0.2, 0.25) is 0 Å². The summed E-state index contributed by atoms with van der Waals surface area (Å²) in [5.74, 6) is 0.0401. The molecule has 0 spiro atoms. The Labute approximate surface area is 378 Å². The molecule has 2 N–H and O–H groups in total. The van der Waals surface area contributed by atoms with Crippen LogP contribution in [0, 0.1) is 0 Å². The van der Waals surface area contributed by atoms with Crippen molar-refractivity contribution in [2.24, 2.45) is 0 Å². The molecule has 0 saturated heterocycles. The topological polar surface area (TPSA) is 156 Å². The molecule has 0 unspecified atom stereocenters. The van der Waals surface area contributed by atoms with Crippen molar-refractivity contribution in [2.45, 2.75) is 228 Å². The number of amides is 5. The van der Waals surface area contributed by atoms with E-state index in [-0.39, 0.29) is 5.91 Å². The lowest BCUT2D eigenvalue weighted by Crippen LogP contribution is -2.42. The first-order chi connectivity index (χ1) is 28.8. The van der Waals surface area contributed by atoms with E-state index in [0.29, 0.717) is 90.9 Å². The van der Waals surface area contributed by atoms with Crippen LogP contribution in [-0.2, 0) is 23.7 Å². The van der Waals surface area contributed by atoms with Crippen molar-refractivity contribution in [3.63, 3.8) is 0 Å². The molecule has 0 aromatic carbocycles. The SMILES string of the molecule is CCCCCCCCCCCCCCC(=O)NCCCN(CCCN(CCCCN(CCCNC(=O)OC(C)(C)C)C(=O)OC(C)(C)C)C(=O)OC(C)(C)C)C(=O)OC(C)(C)C. The highest BCUT2D eigenvalue weighted by Gasteiger charge is 2.26. The molecule has 0 aromatic heterocycles.